The van der Waals surface area contributed by atoms with E-state index in [1.807, 2.05) is 0 Å². The molecule has 1 spiro atoms. The number of fused-ring (bicyclic) bond motifs is 6. The van der Waals surface area contributed by atoms with Gasteiger partial charge in [-0.15, -0.1) is 0 Å². The molecule has 78 valence electrons. The van der Waals surface area contributed by atoms with Crippen LogP contribution in [0.1, 0.15) is 38.5 Å². The Morgan fingerprint density at radius 1 is 1.14 bits per heavy atom. The summed E-state index contributed by atoms with van der Waals surface area (Å²) in [6.45, 7) is 2.66. The molecular formula is C13H21N. The van der Waals surface area contributed by atoms with Gasteiger partial charge in [-0.05, 0) is 67.7 Å². The van der Waals surface area contributed by atoms with E-state index in [1.54, 1.807) is 32.1 Å². The lowest BCUT2D eigenvalue weighted by Crippen LogP contribution is -2.36. The van der Waals surface area contributed by atoms with E-state index in [1.165, 1.54) is 25.4 Å². The maximum Gasteiger partial charge on any atom is 0.00112 e. The second-order valence-corrected chi connectivity index (χ2v) is 6.35. The number of rotatable bonds is 0. The van der Waals surface area contributed by atoms with Crippen LogP contribution in [0.5, 0.6) is 0 Å². The highest BCUT2D eigenvalue weighted by atomic mass is 14.9. The van der Waals surface area contributed by atoms with Crippen molar-refractivity contribution in [3.05, 3.63) is 0 Å². The van der Waals surface area contributed by atoms with E-state index in [9.17, 15) is 0 Å². The van der Waals surface area contributed by atoms with Crippen molar-refractivity contribution in [2.45, 2.75) is 38.5 Å². The highest BCUT2D eigenvalue weighted by molar-refractivity contribution is 5.11. The van der Waals surface area contributed by atoms with Crippen molar-refractivity contribution in [2.75, 3.05) is 13.1 Å². The second-order valence-electron chi connectivity index (χ2n) is 6.35. The summed E-state index contributed by atoms with van der Waals surface area (Å²) in [5, 5.41) is 3.62. The van der Waals surface area contributed by atoms with Gasteiger partial charge in [0.15, 0.2) is 0 Å². The molecule has 1 heterocycles. The highest BCUT2D eigenvalue weighted by Crippen LogP contribution is 2.67. The fourth-order valence-corrected chi connectivity index (χ4v) is 5.64. The van der Waals surface area contributed by atoms with Crippen LogP contribution in [-0.2, 0) is 0 Å². The summed E-state index contributed by atoms with van der Waals surface area (Å²) in [5.41, 5.74) is 0.788. The summed E-state index contributed by atoms with van der Waals surface area (Å²) in [6, 6.07) is 0. The molecule has 1 aliphatic heterocycles. The first-order valence-electron chi connectivity index (χ1n) is 6.60. The first kappa shape index (κ1) is 8.15. The summed E-state index contributed by atoms with van der Waals surface area (Å²) < 4.78 is 0. The summed E-state index contributed by atoms with van der Waals surface area (Å²) >= 11 is 0. The van der Waals surface area contributed by atoms with E-state index in [0.29, 0.717) is 0 Å². The highest BCUT2D eigenvalue weighted by Gasteiger charge is 2.60. The van der Waals surface area contributed by atoms with Crippen molar-refractivity contribution < 1.29 is 0 Å². The van der Waals surface area contributed by atoms with Crippen molar-refractivity contribution in [1.82, 2.24) is 5.32 Å². The first-order chi connectivity index (χ1) is 6.89. The Kier molecular flexibility index (Phi) is 1.49. The van der Waals surface area contributed by atoms with Gasteiger partial charge in [-0.25, -0.2) is 0 Å². The van der Waals surface area contributed by atoms with Gasteiger partial charge in [0.05, 0.1) is 0 Å². The topological polar surface area (TPSA) is 12.0 Å². The number of hydrogen-bond donors (Lipinski definition) is 1. The molecule has 1 heteroatoms. The molecule has 3 aliphatic carbocycles. The molecule has 2 bridgehead atoms. The van der Waals surface area contributed by atoms with Gasteiger partial charge in [0.1, 0.15) is 0 Å². The SMILES string of the molecule is C1CC2C3CC(C2C1)C1(CCNC1)C3. The largest absolute Gasteiger partial charge is 0.316 e. The Hall–Kier alpha value is -0.0400. The zero-order chi connectivity index (χ0) is 9.17. The fourth-order valence-electron chi connectivity index (χ4n) is 5.64. The molecule has 0 amide bonds. The van der Waals surface area contributed by atoms with Gasteiger partial charge in [0.2, 0.25) is 0 Å². The maximum absolute atomic E-state index is 3.62. The Labute approximate surface area is 86.6 Å². The molecule has 0 aromatic carbocycles. The van der Waals surface area contributed by atoms with Crippen molar-refractivity contribution in [3.63, 3.8) is 0 Å². The number of nitrogens with one attached hydrogen (secondary N) is 1. The summed E-state index contributed by atoms with van der Waals surface area (Å²) in [4.78, 5) is 0. The van der Waals surface area contributed by atoms with Gasteiger partial charge in [-0.3, -0.25) is 0 Å². The summed E-state index contributed by atoms with van der Waals surface area (Å²) in [5.74, 6) is 4.61. The predicted octanol–water partition coefficient (Wildman–Crippen LogP) is 2.42. The van der Waals surface area contributed by atoms with E-state index in [-0.39, 0.29) is 0 Å². The standard InChI is InChI=1S/C13H21N/c1-2-10-9-6-12(11(10)3-1)13(7-9)4-5-14-8-13/h9-12,14H,1-8H2. The zero-order valence-electron chi connectivity index (χ0n) is 8.97. The first-order valence-corrected chi connectivity index (χ1v) is 6.60. The van der Waals surface area contributed by atoms with Crippen molar-refractivity contribution in [1.29, 1.82) is 0 Å². The van der Waals surface area contributed by atoms with E-state index < -0.39 is 0 Å². The lowest BCUT2D eigenvalue weighted by atomic mass is 9.65. The van der Waals surface area contributed by atoms with Gasteiger partial charge in [-0.1, -0.05) is 6.42 Å². The van der Waals surface area contributed by atoms with Crippen LogP contribution in [-0.4, -0.2) is 13.1 Å². The third-order valence-corrected chi connectivity index (χ3v) is 6.04. The summed E-state index contributed by atoms with van der Waals surface area (Å²) in [7, 11) is 0. The molecule has 4 aliphatic rings. The predicted molar refractivity (Wildman–Crippen MR) is 57.0 cm³/mol. The Balaban J connectivity index is 1.69. The normalized spacial score (nSPS) is 60.0. The third-order valence-electron chi connectivity index (χ3n) is 6.04. The second kappa shape index (κ2) is 2.55. The Bertz CT molecular complexity index is 254. The molecule has 4 fully saturated rings. The van der Waals surface area contributed by atoms with Crippen LogP contribution in [0.4, 0.5) is 0 Å². The zero-order valence-corrected chi connectivity index (χ0v) is 8.97. The van der Waals surface area contributed by atoms with Gasteiger partial charge in [0, 0.05) is 6.54 Å². The lowest BCUT2D eigenvalue weighted by molar-refractivity contribution is 0.101. The molecule has 1 saturated heterocycles. The van der Waals surface area contributed by atoms with Crippen LogP contribution in [0, 0.1) is 29.1 Å². The van der Waals surface area contributed by atoms with E-state index in [4.69, 9.17) is 0 Å². The minimum absolute atomic E-state index is 0.788. The monoisotopic (exact) mass is 191 g/mol. The molecule has 0 radical (unpaired) electrons. The molecular weight excluding hydrogens is 170 g/mol. The lowest BCUT2D eigenvalue weighted by Gasteiger charge is -2.39. The molecule has 0 aromatic heterocycles. The molecule has 4 rings (SSSR count). The van der Waals surface area contributed by atoms with E-state index in [2.05, 4.69) is 5.32 Å². The Morgan fingerprint density at radius 3 is 2.93 bits per heavy atom. The van der Waals surface area contributed by atoms with Crippen LogP contribution in [0.3, 0.4) is 0 Å². The number of hydrogen-bond acceptors (Lipinski definition) is 1. The smallest absolute Gasteiger partial charge is 0.00112 e. The van der Waals surface area contributed by atoms with Crippen molar-refractivity contribution in [2.24, 2.45) is 29.1 Å². The van der Waals surface area contributed by atoms with Crippen molar-refractivity contribution >= 4 is 0 Å². The van der Waals surface area contributed by atoms with Crippen LogP contribution in [0.25, 0.3) is 0 Å². The average Bonchev–Trinajstić information content (AvgIpc) is 2.88. The van der Waals surface area contributed by atoms with Gasteiger partial charge < -0.3 is 5.32 Å². The van der Waals surface area contributed by atoms with E-state index >= 15 is 0 Å². The van der Waals surface area contributed by atoms with Crippen LogP contribution in [0.15, 0.2) is 0 Å². The molecule has 5 atom stereocenters. The summed E-state index contributed by atoms with van der Waals surface area (Å²) in [6.07, 6.45) is 9.40. The molecule has 14 heavy (non-hydrogen) atoms. The van der Waals surface area contributed by atoms with E-state index in [0.717, 1.165) is 23.2 Å². The van der Waals surface area contributed by atoms with Gasteiger partial charge in [-0.2, -0.15) is 0 Å². The molecule has 1 nitrogen and oxygen atoms in total. The van der Waals surface area contributed by atoms with Crippen LogP contribution >= 0.6 is 0 Å². The Morgan fingerprint density at radius 2 is 2.07 bits per heavy atom. The molecule has 0 aromatic rings. The maximum atomic E-state index is 3.62. The fraction of sp³-hybridized carbons (Fsp3) is 1.00. The van der Waals surface area contributed by atoms with Crippen molar-refractivity contribution in [3.8, 4) is 0 Å². The van der Waals surface area contributed by atoms with Gasteiger partial charge in [0.25, 0.3) is 0 Å². The van der Waals surface area contributed by atoms with Gasteiger partial charge >= 0.3 is 0 Å². The minimum atomic E-state index is 0.788. The minimum Gasteiger partial charge on any atom is -0.316 e. The molecule has 5 unspecified atom stereocenters. The third kappa shape index (κ3) is 0.816. The quantitative estimate of drug-likeness (QED) is 0.620. The molecule has 3 saturated carbocycles. The van der Waals surface area contributed by atoms with Crippen LogP contribution < -0.4 is 5.32 Å². The van der Waals surface area contributed by atoms with Crippen LogP contribution in [0.2, 0.25) is 0 Å². The molecule has 1 N–H and O–H groups in total. The average molecular weight is 191 g/mol.